The monoisotopic (exact) mass is 208 g/mol. The minimum atomic E-state index is 0.869. The smallest absolute Gasteiger partial charge is 0.00682 e. The Morgan fingerprint density at radius 2 is 2.00 bits per heavy atom. The summed E-state index contributed by atoms with van der Waals surface area (Å²) in [4.78, 5) is 0. The summed E-state index contributed by atoms with van der Waals surface area (Å²) in [5, 5.41) is 7.12. The SMILES string of the molecule is C1=CCC(CNCCCNC2CC2)CC1. The molecule has 0 aliphatic heterocycles. The van der Waals surface area contributed by atoms with Gasteiger partial charge in [0.05, 0.1) is 0 Å². The molecule has 2 aliphatic carbocycles. The van der Waals surface area contributed by atoms with Crippen molar-refractivity contribution in [3.63, 3.8) is 0 Å². The van der Waals surface area contributed by atoms with Gasteiger partial charge in [0.2, 0.25) is 0 Å². The van der Waals surface area contributed by atoms with Crippen LogP contribution in [-0.2, 0) is 0 Å². The lowest BCUT2D eigenvalue weighted by Gasteiger charge is -2.18. The second kappa shape index (κ2) is 6.29. The van der Waals surface area contributed by atoms with Gasteiger partial charge in [-0.2, -0.15) is 0 Å². The molecule has 0 radical (unpaired) electrons. The van der Waals surface area contributed by atoms with E-state index >= 15 is 0 Å². The van der Waals surface area contributed by atoms with E-state index in [1.807, 2.05) is 0 Å². The molecule has 1 fully saturated rings. The molecule has 0 spiro atoms. The third kappa shape index (κ3) is 4.80. The Kier molecular flexibility index (Phi) is 4.68. The summed E-state index contributed by atoms with van der Waals surface area (Å²) in [5.74, 6) is 0.895. The molecular formula is C13H24N2. The Morgan fingerprint density at radius 1 is 1.07 bits per heavy atom. The second-order valence-corrected chi connectivity index (χ2v) is 4.94. The second-order valence-electron chi connectivity index (χ2n) is 4.94. The van der Waals surface area contributed by atoms with Crippen molar-refractivity contribution in [1.29, 1.82) is 0 Å². The van der Waals surface area contributed by atoms with Crippen molar-refractivity contribution < 1.29 is 0 Å². The van der Waals surface area contributed by atoms with E-state index in [0.29, 0.717) is 0 Å². The summed E-state index contributed by atoms with van der Waals surface area (Å²) in [5.41, 5.74) is 0. The topological polar surface area (TPSA) is 24.1 Å². The lowest BCUT2D eigenvalue weighted by molar-refractivity contribution is 0.437. The quantitative estimate of drug-likeness (QED) is 0.494. The minimum absolute atomic E-state index is 0.869. The Labute approximate surface area is 93.5 Å². The molecule has 0 aromatic carbocycles. The predicted octanol–water partition coefficient (Wildman–Crippen LogP) is 2.07. The van der Waals surface area contributed by atoms with Crippen molar-refractivity contribution in [3.05, 3.63) is 12.2 Å². The van der Waals surface area contributed by atoms with E-state index in [1.54, 1.807) is 0 Å². The highest BCUT2D eigenvalue weighted by Crippen LogP contribution is 2.18. The van der Waals surface area contributed by atoms with E-state index in [1.165, 1.54) is 58.2 Å². The van der Waals surface area contributed by atoms with Crippen LogP contribution in [0, 0.1) is 5.92 Å². The van der Waals surface area contributed by atoms with Gasteiger partial charge in [-0.05, 0) is 64.1 Å². The normalized spacial score (nSPS) is 25.7. The van der Waals surface area contributed by atoms with Crippen molar-refractivity contribution >= 4 is 0 Å². The summed E-state index contributed by atoms with van der Waals surface area (Å²) >= 11 is 0. The van der Waals surface area contributed by atoms with Gasteiger partial charge in [0.15, 0.2) is 0 Å². The molecular weight excluding hydrogens is 184 g/mol. The minimum Gasteiger partial charge on any atom is -0.316 e. The van der Waals surface area contributed by atoms with Crippen LogP contribution >= 0.6 is 0 Å². The van der Waals surface area contributed by atoms with Crippen LogP contribution in [0.3, 0.4) is 0 Å². The van der Waals surface area contributed by atoms with Crippen LogP contribution in [-0.4, -0.2) is 25.7 Å². The summed E-state index contributed by atoms with van der Waals surface area (Å²) in [6, 6.07) is 0.869. The molecule has 0 amide bonds. The van der Waals surface area contributed by atoms with Gasteiger partial charge in [-0.3, -0.25) is 0 Å². The lowest BCUT2D eigenvalue weighted by Crippen LogP contribution is -2.27. The third-order valence-corrected chi connectivity index (χ3v) is 3.35. The van der Waals surface area contributed by atoms with Crippen LogP contribution in [0.15, 0.2) is 12.2 Å². The Bertz CT molecular complexity index is 197. The van der Waals surface area contributed by atoms with Crippen molar-refractivity contribution in [1.82, 2.24) is 10.6 Å². The zero-order valence-electron chi connectivity index (χ0n) is 9.67. The van der Waals surface area contributed by atoms with Crippen LogP contribution < -0.4 is 10.6 Å². The van der Waals surface area contributed by atoms with Gasteiger partial charge < -0.3 is 10.6 Å². The fraction of sp³-hybridized carbons (Fsp3) is 0.846. The van der Waals surface area contributed by atoms with Crippen LogP contribution in [0.2, 0.25) is 0 Å². The number of hydrogen-bond donors (Lipinski definition) is 2. The van der Waals surface area contributed by atoms with E-state index in [9.17, 15) is 0 Å². The molecule has 1 atom stereocenters. The first kappa shape index (κ1) is 11.2. The Hall–Kier alpha value is -0.340. The van der Waals surface area contributed by atoms with Crippen LogP contribution in [0.5, 0.6) is 0 Å². The largest absolute Gasteiger partial charge is 0.316 e. The average molecular weight is 208 g/mol. The van der Waals surface area contributed by atoms with Gasteiger partial charge in [0, 0.05) is 6.04 Å². The highest BCUT2D eigenvalue weighted by atomic mass is 14.9. The number of rotatable bonds is 7. The van der Waals surface area contributed by atoms with Crippen molar-refractivity contribution in [2.24, 2.45) is 5.92 Å². The van der Waals surface area contributed by atoms with Gasteiger partial charge >= 0.3 is 0 Å². The Morgan fingerprint density at radius 3 is 2.73 bits per heavy atom. The maximum atomic E-state index is 3.58. The predicted molar refractivity (Wildman–Crippen MR) is 65.0 cm³/mol. The van der Waals surface area contributed by atoms with E-state index in [0.717, 1.165) is 12.0 Å². The maximum absolute atomic E-state index is 3.58. The van der Waals surface area contributed by atoms with Crippen molar-refractivity contribution in [2.45, 2.75) is 44.6 Å². The molecule has 0 aromatic rings. The average Bonchev–Trinajstić information content (AvgIpc) is 3.09. The first-order chi connectivity index (χ1) is 7.45. The molecule has 86 valence electrons. The highest BCUT2D eigenvalue weighted by molar-refractivity contribution is 4.90. The van der Waals surface area contributed by atoms with Gasteiger partial charge in [-0.25, -0.2) is 0 Å². The number of nitrogens with one attached hydrogen (secondary N) is 2. The van der Waals surface area contributed by atoms with Gasteiger partial charge in [0.25, 0.3) is 0 Å². The fourth-order valence-electron chi connectivity index (χ4n) is 2.15. The number of hydrogen-bond acceptors (Lipinski definition) is 2. The molecule has 2 nitrogen and oxygen atoms in total. The molecule has 2 heteroatoms. The molecule has 1 unspecified atom stereocenters. The summed E-state index contributed by atoms with van der Waals surface area (Å²) < 4.78 is 0. The standard InChI is InChI=1S/C13H24N2/c1-2-5-12(6-3-1)11-14-9-4-10-15-13-7-8-13/h1-2,12-15H,3-11H2. The van der Waals surface area contributed by atoms with Crippen LogP contribution in [0.4, 0.5) is 0 Å². The molecule has 2 rings (SSSR count). The number of allylic oxidation sites excluding steroid dienone is 2. The van der Waals surface area contributed by atoms with Gasteiger partial charge in [-0.1, -0.05) is 12.2 Å². The molecule has 1 saturated carbocycles. The first-order valence-electron chi connectivity index (χ1n) is 6.54. The molecule has 0 aromatic heterocycles. The zero-order valence-corrected chi connectivity index (χ0v) is 9.67. The van der Waals surface area contributed by atoms with Gasteiger partial charge in [-0.15, -0.1) is 0 Å². The lowest BCUT2D eigenvalue weighted by atomic mass is 9.94. The molecule has 2 aliphatic rings. The van der Waals surface area contributed by atoms with Crippen LogP contribution in [0.25, 0.3) is 0 Å². The van der Waals surface area contributed by atoms with E-state index in [-0.39, 0.29) is 0 Å². The molecule has 15 heavy (non-hydrogen) atoms. The van der Waals surface area contributed by atoms with E-state index < -0.39 is 0 Å². The van der Waals surface area contributed by atoms with Crippen molar-refractivity contribution in [3.8, 4) is 0 Å². The fourth-order valence-corrected chi connectivity index (χ4v) is 2.15. The molecule has 0 bridgehead atoms. The van der Waals surface area contributed by atoms with Crippen molar-refractivity contribution in [2.75, 3.05) is 19.6 Å². The highest BCUT2D eigenvalue weighted by Gasteiger charge is 2.19. The molecule has 0 heterocycles. The third-order valence-electron chi connectivity index (χ3n) is 3.35. The van der Waals surface area contributed by atoms with Crippen LogP contribution in [0.1, 0.15) is 38.5 Å². The van der Waals surface area contributed by atoms with Gasteiger partial charge in [0.1, 0.15) is 0 Å². The molecule has 0 saturated heterocycles. The first-order valence-corrected chi connectivity index (χ1v) is 6.54. The summed E-state index contributed by atoms with van der Waals surface area (Å²) in [7, 11) is 0. The van der Waals surface area contributed by atoms with E-state index in [2.05, 4.69) is 22.8 Å². The summed E-state index contributed by atoms with van der Waals surface area (Å²) in [6.45, 7) is 3.59. The zero-order chi connectivity index (χ0) is 10.3. The summed E-state index contributed by atoms with van der Waals surface area (Å²) in [6.07, 6.45) is 12.7. The maximum Gasteiger partial charge on any atom is 0.00682 e. The molecule has 2 N–H and O–H groups in total. The Balaban J connectivity index is 1.39. The van der Waals surface area contributed by atoms with E-state index in [4.69, 9.17) is 0 Å².